The van der Waals surface area contributed by atoms with Crippen LogP contribution in [0.15, 0.2) is 0 Å². The van der Waals surface area contributed by atoms with Crippen LogP contribution in [0.2, 0.25) is 0 Å². The molecule has 1 fully saturated rings. The smallest absolute Gasteiger partial charge is 0.326 e. The number of aliphatic hydroxyl groups is 1. The van der Waals surface area contributed by atoms with Gasteiger partial charge in [-0.15, -0.1) is 0 Å². The standard InChI is InChI=1S/C20H34N4O8/c1-10(2)9-12(21)19(30)24-8-4-5-14(24)17(28)23-16(11(3)25)18(29)22-13(20(31)32)6-7-15(26)27/h10-14,16,25H,4-9,21H2,1-3H3,(H,22,29)(H,23,28)(H,26,27)(H,31,32). The molecular formula is C20H34N4O8. The third kappa shape index (κ3) is 8.08. The SMILES string of the molecule is CC(C)CC(N)C(=O)N1CCCC1C(=O)NC(C(=O)NC(CCC(=O)O)C(=O)O)C(C)O. The normalized spacial score (nSPS) is 19.7. The summed E-state index contributed by atoms with van der Waals surface area (Å²) in [5, 5.41) is 32.5. The number of nitrogens with one attached hydrogen (secondary N) is 2. The zero-order chi connectivity index (χ0) is 24.6. The Hall–Kier alpha value is -2.73. The van der Waals surface area contributed by atoms with E-state index in [1.54, 1.807) is 0 Å². The first-order valence-electron chi connectivity index (χ1n) is 10.6. The van der Waals surface area contributed by atoms with Crippen LogP contribution in [0.5, 0.6) is 0 Å². The summed E-state index contributed by atoms with van der Waals surface area (Å²) in [5.41, 5.74) is 5.97. The number of carbonyl (C=O) groups is 5. The average molecular weight is 459 g/mol. The number of amides is 3. The molecule has 0 spiro atoms. The van der Waals surface area contributed by atoms with Crippen LogP contribution in [0.25, 0.3) is 0 Å². The van der Waals surface area contributed by atoms with E-state index in [1.165, 1.54) is 11.8 Å². The summed E-state index contributed by atoms with van der Waals surface area (Å²) in [6.45, 7) is 5.43. The first-order valence-corrected chi connectivity index (χ1v) is 10.6. The van der Waals surface area contributed by atoms with Gasteiger partial charge in [-0.1, -0.05) is 13.8 Å². The van der Waals surface area contributed by atoms with Gasteiger partial charge in [0.25, 0.3) is 0 Å². The molecule has 32 heavy (non-hydrogen) atoms. The number of aliphatic hydroxyl groups excluding tert-OH is 1. The maximum atomic E-state index is 12.8. The first kappa shape index (κ1) is 27.3. The number of carboxylic acid groups (broad SMARTS) is 2. The molecule has 3 amide bonds. The molecule has 5 atom stereocenters. The fourth-order valence-corrected chi connectivity index (χ4v) is 3.57. The van der Waals surface area contributed by atoms with Crippen molar-refractivity contribution < 1.29 is 39.3 Å². The minimum atomic E-state index is -1.50. The molecule has 0 aromatic carbocycles. The van der Waals surface area contributed by atoms with Crippen molar-refractivity contribution in [3.63, 3.8) is 0 Å². The maximum Gasteiger partial charge on any atom is 0.326 e. The summed E-state index contributed by atoms with van der Waals surface area (Å²) in [4.78, 5) is 61.4. The molecule has 7 N–H and O–H groups in total. The van der Waals surface area contributed by atoms with Gasteiger partial charge in [0.15, 0.2) is 0 Å². The highest BCUT2D eigenvalue weighted by Crippen LogP contribution is 2.20. The summed E-state index contributed by atoms with van der Waals surface area (Å²) in [7, 11) is 0. The van der Waals surface area contributed by atoms with Crippen LogP contribution in [0.1, 0.15) is 52.9 Å². The molecule has 0 aromatic heterocycles. The van der Waals surface area contributed by atoms with Gasteiger partial charge in [0.1, 0.15) is 18.1 Å². The highest BCUT2D eigenvalue weighted by atomic mass is 16.4. The van der Waals surface area contributed by atoms with Crippen LogP contribution in [-0.2, 0) is 24.0 Å². The molecule has 0 saturated carbocycles. The summed E-state index contributed by atoms with van der Waals surface area (Å²) in [6, 6.07) is -4.62. The third-order valence-electron chi connectivity index (χ3n) is 5.21. The Morgan fingerprint density at radius 1 is 1.09 bits per heavy atom. The van der Waals surface area contributed by atoms with Crippen molar-refractivity contribution in [3.8, 4) is 0 Å². The number of likely N-dealkylation sites (tertiary alicyclic amines) is 1. The zero-order valence-corrected chi connectivity index (χ0v) is 18.6. The van der Waals surface area contributed by atoms with E-state index < -0.39 is 60.4 Å². The van der Waals surface area contributed by atoms with E-state index >= 15 is 0 Å². The van der Waals surface area contributed by atoms with Gasteiger partial charge in [-0.3, -0.25) is 19.2 Å². The van der Waals surface area contributed by atoms with Gasteiger partial charge in [-0.05, 0) is 38.5 Å². The number of rotatable bonds is 12. The van der Waals surface area contributed by atoms with Crippen molar-refractivity contribution in [3.05, 3.63) is 0 Å². The molecule has 0 aliphatic carbocycles. The monoisotopic (exact) mass is 458 g/mol. The lowest BCUT2D eigenvalue weighted by molar-refractivity contribution is -0.145. The fraction of sp³-hybridized carbons (Fsp3) is 0.750. The molecule has 0 radical (unpaired) electrons. The minimum Gasteiger partial charge on any atom is -0.481 e. The molecule has 1 heterocycles. The second kappa shape index (κ2) is 12.3. The number of hydrogen-bond donors (Lipinski definition) is 6. The van der Waals surface area contributed by atoms with E-state index in [4.69, 9.17) is 10.8 Å². The Kier molecular flexibility index (Phi) is 10.5. The van der Waals surface area contributed by atoms with E-state index in [-0.39, 0.29) is 18.2 Å². The van der Waals surface area contributed by atoms with Gasteiger partial charge in [-0.2, -0.15) is 0 Å². The molecule has 1 aliphatic heterocycles. The van der Waals surface area contributed by atoms with Gasteiger partial charge in [0.05, 0.1) is 12.1 Å². The summed E-state index contributed by atoms with van der Waals surface area (Å²) in [5.74, 6) is -4.48. The maximum absolute atomic E-state index is 12.8. The van der Waals surface area contributed by atoms with Crippen molar-refractivity contribution in [1.82, 2.24) is 15.5 Å². The van der Waals surface area contributed by atoms with Crippen molar-refractivity contribution in [2.75, 3.05) is 6.54 Å². The number of nitrogens with zero attached hydrogens (tertiary/aromatic N) is 1. The number of nitrogens with two attached hydrogens (primary N) is 1. The summed E-state index contributed by atoms with van der Waals surface area (Å²) < 4.78 is 0. The lowest BCUT2D eigenvalue weighted by Crippen LogP contribution is -2.59. The summed E-state index contributed by atoms with van der Waals surface area (Å²) in [6.07, 6.45) is -0.846. The quantitative estimate of drug-likeness (QED) is 0.204. The third-order valence-corrected chi connectivity index (χ3v) is 5.21. The summed E-state index contributed by atoms with van der Waals surface area (Å²) >= 11 is 0. The molecular weight excluding hydrogens is 424 g/mol. The molecule has 5 unspecified atom stereocenters. The molecule has 1 aliphatic rings. The largest absolute Gasteiger partial charge is 0.481 e. The van der Waals surface area contributed by atoms with Gasteiger partial charge in [0, 0.05) is 13.0 Å². The number of hydrogen-bond acceptors (Lipinski definition) is 7. The Morgan fingerprint density at radius 3 is 2.22 bits per heavy atom. The highest BCUT2D eigenvalue weighted by molar-refractivity contribution is 5.94. The fourth-order valence-electron chi connectivity index (χ4n) is 3.57. The molecule has 182 valence electrons. The average Bonchev–Trinajstić information content (AvgIpc) is 3.16. The first-order chi connectivity index (χ1) is 14.8. The van der Waals surface area contributed by atoms with E-state index in [2.05, 4.69) is 10.6 Å². The van der Waals surface area contributed by atoms with Crippen LogP contribution in [0.4, 0.5) is 0 Å². The minimum absolute atomic E-state index is 0.190. The highest BCUT2D eigenvalue weighted by Gasteiger charge is 2.38. The Bertz CT molecular complexity index is 712. The van der Waals surface area contributed by atoms with Crippen molar-refractivity contribution in [2.45, 2.75) is 83.1 Å². The molecule has 1 saturated heterocycles. The Morgan fingerprint density at radius 2 is 1.72 bits per heavy atom. The van der Waals surface area contributed by atoms with Crippen LogP contribution in [-0.4, -0.2) is 86.7 Å². The topological polar surface area (TPSA) is 199 Å². The van der Waals surface area contributed by atoms with E-state index in [0.29, 0.717) is 25.8 Å². The van der Waals surface area contributed by atoms with Gasteiger partial charge in [0.2, 0.25) is 17.7 Å². The number of carboxylic acids is 2. The Labute approximate surface area is 186 Å². The lowest BCUT2D eigenvalue weighted by atomic mass is 10.0. The molecule has 12 nitrogen and oxygen atoms in total. The molecule has 1 rings (SSSR count). The van der Waals surface area contributed by atoms with E-state index in [9.17, 15) is 34.2 Å². The van der Waals surface area contributed by atoms with E-state index in [0.717, 1.165) is 0 Å². The van der Waals surface area contributed by atoms with Crippen molar-refractivity contribution in [2.24, 2.45) is 11.7 Å². The molecule has 12 heteroatoms. The van der Waals surface area contributed by atoms with Gasteiger partial charge >= 0.3 is 11.9 Å². The predicted octanol–water partition coefficient (Wildman–Crippen LogP) is -1.35. The van der Waals surface area contributed by atoms with Crippen LogP contribution >= 0.6 is 0 Å². The predicted molar refractivity (Wildman–Crippen MR) is 112 cm³/mol. The van der Waals surface area contributed by atoms with Crippen LogP contribution in [0.3, 0.4) is 0 Å². The number of aliphatic carboxylic acids is 2. The van der Waals surface area contributed by atoms with Gasteiger partial charge < -0.3 is 36.6 Å². The Balaban J connectivity index is 2.86. The lowest BCUT2D eigenvalue weighted by Gasteiger charge is -2.29. The second-order valence-corrected chi connectivity index (χ2v) is 8.48. The van der Waals surface area contributed by atoms with Crippen LogP contribution < -0.4 is 16.4 Å². The van der Waals surface area contributed by atoms with Crippen molar-refractivity contribution >= 4 is 29.7 Å². The van der Waals surface area contributed by atoms with Crippen molar-refractivity contribution in [1.29, 1.82) is 0 Å². The van der Waals surface area contributed by atoms with E-state index in [1.807, 2.05) is 13.8 Å². The molecule has 0 bridgehead atoms. The zero-order valence-electron chi connectivity index (χ0n) is 18.6. The number of carbonyl (C=O) groups excluding carboxylic acids is 3. The molecule has 0 aromatic rings. The van der Waals surface area contributed by atoms with Crippen LogP contribution in [0, 0.1) is 5.92 Å². The second-order valence-electron chi connectivity index (χ2n) is 8.48. The van der Waals surface area contributed by atoms with Gasteiger partial charge in [-0.25, -0.2) is 4.79 Å².